The third-order valence-electron chi connectivity index (χ3n) is 2.86. The average molecular weight is 221 g/mol. The second-order valence-corrected chi connectivity index (χ2v) is 3.96. The number of carbonyl (C=O) groups is 1. The minimum atomic E-state index is -0.0996. The molecule has 0 radical (unpaired) electrons. The third-order valence-corrected chi connectivity index (χ3v) is 2.86. The van der Waals surface area contributed by atoms with Crippen LogP contribution in [0.15, 0.2) is 18.2 Å². The molecule has 1 aromatic rings. The van der Waals surface area contributed by atoms with Crippen LogP contribution in [-0.4, -0.2) is 40.7 Å². The lowest BCUT2D eigenvalue weighted by Crippen LogP contribution is -2.33. The lowest BCUT2D eigenvalue weighted by Gasteiger charge is -2.19. The van der Waals surface area contributed by atoms with Gasteiger partial charge in [0.1, 0.15) is 5.75 Å². The lowest BCUT2D eigenvalue weighted by molar-refractivity contribution is 0.0727. The number of phenols is 1. The Balaban J connectivity index is 2.35. The standard InChI is InChI=1S/C12H15NO3/c14-7-6-13-5-1-2-9-3-4-10(15)8-11(9)12(13)16/h3-4,8,14-15H,1-2,5-7H2. The van der Waals surface area contributed by atoms with E-state index in [0.29, 0.717) is 18.7 Å². The van der Waals surface area contributed by atoms with Gasteiger partial charge in [-0.25, -0.2) is 0 Å². The molecular formula is C12H15NO3. The second kappa shape index (κ2) is 4.53. The Kier molecular flexibility index (Phi) is 3.10. The Morgan fingerprint density at radius 2 is 2.19 bits per heavy atom. The molecular weight excluding hydrogens is 206 g/mol. The molecule has 1 aliphatic rings. The van der Waals surface area contributed by atoms with Crippen molar-refractivity contribution in [3.63, 3.8) is 0 Å². The van der Waals surface area contributed by atoms with Crippen molar-refractivity contribution in [2.75, 3.05) is 19.7 Å². The van der Waals surface area contributed by atoms with E-state index >= 15 is 0 Å². The van der Waals surface area contributed by atoms with Gasteiger partial charge >= 0.3 is 0 Å². The fourth-order valence-electron chi connectivity index (χ4n) is 2.05. The molecule has 16 heavy (non-hydrogen) atoms. The Hall–Kier alpha value is -1.55. The van der Waals surface area contributed by atoms with Crippen LogP contribution in [0.1, 0.15) is 22.3 Å². The number of rotatable bonds is 2. The van der Waals surface area contributed by atoms with Crippen molar-refractivity contribution in [3.8, 4) is 5.75 Å². The van der Waals surface area contributed by atoms with Crippen molar-refractivity contribution in [2.45, 2.75) is 12.8 Å². The highest BCUT2D eigenvalue weighted by Crippen LogP contribution is 2.22. The minimum Gasteiger partial charge on any atom is -0.508 e. The summed E-state index contributed by atoms with van der Waals surface area (Å²) in [6.45, 7) is 0.989. The summed E-state index contributed by atoms with van der Waals surface area (Å²) >= 11 is 0. The van der Waals surface area contributed by atoms with Gasteiger partial charge in [0.25, 0.3) is 5.91 Å². The van der Waals surface area contributed by atoms with E-state index < -0.39 is 0 Å². The lowest BCUT2D eigenvalue weighted by atomic mass is 10.0. The van der Waals surface area contributed by atoms with Crippen molar-refractivity contribution in [3.05, 3.63) is 29.3 Å². The van der Waals surface area contributed by atoms with Gasteiger partial charge in [-0.15, -0.1) is 0 Å². The van der Waals surface area contributed by atoms with E-state index in [1.165, 1.54) is 6.07 Å². The number of aromatic hydroxyl groups is 1. The highest BCUT2D eigenvalue weighted by molar-refractivity contribution is 5.96. The van der Waals surface area contributed by atoms with Crippen LogP contribution >= 0.6 is 0 Å². The highest BCUT2D eigenvalue weighted by atomic mass is 16.3. The fraction of sp³-hybridized carbons (Fsp3) is 0.417. The molecule has 1 aliphatic heterocycles. The van der Waals surface area contributed by atoms with Crippen LogP contribution in [-0.2, 0) is 6.42 Å². The number of carbonyl (C=O) groups excluding carboxylic acids is 1. The molecule has 0 saturated carbocycles. The summed E-state index contributed by atoms with van der Waals surface area (Å²) in [6, 6.07) is 4.91. The van der Waals surface area contributed by atoms with E-state index in [-0.39, 0.29) is 18.3 Å². The number of aliphatic hydroxyl groups excluding tert-OH is 1. The third kappa shape index (κ3) is 2.02. The first-order valence-corrected chi connectivity index (χ1v) is 5.44. The van der Waals surface area contributed by atoms with Crippen molar-refractivity contribution in [1.29, 1.82) is 0 Å². The van der Waals surface area contributed by atoms with Crippen molar-refractivity contribution in [2.24, 2.45) is 0 Å². The maximum absolute atomic E-state index is 12.1. The molecule has 0 atom stereocenters. The molecule has 0 fully saturated rings. The van der Waals surface area contributed by atoms with Gasteiger partial charge in [-0.1, -0.05) is 6.07 Å². The van der Waals surface area contributed by atoms with E-state index in [1.54, 1.807) is 17.0 Å². The van der Waals surface area contributed by atoms with E-state index in [1.807, 2.05) is 0 Å². The Labute approximate surface area is 94.1 Å². The van der Waals surface area contributed by atoms with Gasteiger partial charge in [0.05, 0.1) is 6.61 Å². The highest BCUT2D eigenvalue weighted by Gasteiger charge is 2.21. The summed E-state index contributed by atoms with van der Waals surface area (Å²) in [5, 5.41) is 18.3. The number of nitrogens with zero attached hydrogens (tertiary/aromatic N) is 1. The Bertz CT molecular complexity index is 403. The van der Waals surface area contributed by atoms with E-state index in [4.69, 9.17) is 5.11 Å². The van der Waals surface area contributed by atoms with Crippen LogP contribution in [0.25, 0.3) is 0 Å². The SMILES string of the molecule is O=C1c2cc(O)ccc2CCCN1CCO. The number of phenolic OH excluding ortho intramolecular Hbond substituents is 1. The monoisotopic (exact) mass is 221 g/mol. The molecule has 0 bridgehead atoms. The molecule has 1 amide bonds. The normalized spacial score (nSPS) is 15.8. The van der Waals surface area contributed by atoms with Gasteiger partial charge in [0.2, 0.25) is 0 Å². The van der Waals surface area contributed by atoms with Crippen molar-refractivity contribution >= 4 is 5.91 Å². The van der Waals surface area contributed by atoms with Crippen LogP contribution in [0.4, 0.5) is 0 Å². The zero-order valence-corrected chi connectivity index (χ0v) is 9.02. The van der Waals surface area contributed by atoms with Gasteiger partial charge in [-0.05, 0) is 30.5 Å². The van der Waals surface area contributed by atoms with Crippen LogP contribution in [0, 0.1) is 0 Å². The van der Waals surface area contributed by atoms with Gasteiger partial charge in [0.15, 0.2) is 0 Å². The predicted octanol–water partition coefficient (Wildman–Crippen LogP) is 0.773. The first kappa shape index (κ1) is 11.0. The number of fused-ring (bicyclic) bond motifs is 1. The van der Waals surface area contributed by atoms with Gasteiger partial charge in [-0.3, -0.25) is 4.79 Å². The van der Waals surface area contributed by atoms with Crippen LogP contribution in [0.2, 0.25) is 0 Å². The summed E-state index contributed by atoms with van der Waals surface area (Å²) in [6.07, 6.45) is 1.73. The minimum absolute atomic E-state index is 0.0279. The largest absolute Gasteiger partial charge is 0.508 e. The molecule has 0 aromatic heterocycles. The number of aliphatic hydroxyl groups is 1. The Morgan fingerprint density at radius 1 is 1.38 bits per heavy atom. The molecule has 0 spiro atoms. The van der Waals surface area contributed by atoms with Crippen LogP contribution in [0.5, 0.6) is 5.75 Å². The molecule has 0 saturated heterocycles. The summed E-state index contributed by atoms with van der Waals surface area (Å²) in [7, 11) is 0. The summed E-state index contributed by atoms with van der Waals surface area (Å²) in [4.78, 5) is 13.7. The summed E-state index contributed by atoms with van der Waals surface area (Å²) in [5.41, 5.74) is 1.54. The number of benzene rings is 1. The van der Waals surface area contributed by atoms with Crippen molar-refractivity contribution < 1.29 is 15.0 Å². The van der Waals surface area contributed by atoms with Crippen LogP contribution in [0.3, 0.4) is 0 Å². The second-order valence-electron chi connectivity index (χ2n) is 3.96. The Morgan fingerprint density at radius 3 is 2.94 bits per heavy atom. The van der Waals surface area contributed by atoms with E-state index in [2.05, 4.69) is 0 Å². The molecule has 1 heterocycles. The fourth-order valence-corrected chi connectivity index (χ4v) is 2.05. The van der Waals surface area contributed by atoms with Gasteiger partial charge in [0, 0.05) is 18.7 Å². The summed E-state index contributed by atoms with van der Waals surface area (Å²) < 4.78 is 0. The maximum atomic E-state index is 12.1. The molecule has 0 aliphatic carbocycles. The number of β-amino-alcohol motifs (C(OH)–C–C–N with tert-alkyl or cyclic N) is 1. The molecule has 2 N–H and O–H groups in total. The average Bonchev–Trinajstić information content (AvgIpc) is 2.42. The molecule has 4 heteroatoms. The number of aryl methyl sites for hydroxylation is 1. The number of amides is 1. The molecule has 2 rings (SSSR count). The zero-order chi connectivity index (χ0) is 11.5. The number of hydrogen-bond acceptors (Lipinski definition) is 3. The maximum Gasteiger partial charge on any atom is 0.254 e. The molecule has 4 nitrogen and oxygen atoms in total. The van der Waals surface area contributed by atoms with Gasteiger partial charge < -0.3 is 15.1 Å². The van der Waals surface area contributed by atoms with Crippen molar-refractivity contribution in [1.82, 2.24) is 4.90 Å². The van der Waals surface area contributed by atoms with E-state index in [0.717, 1.165) is 18.4 Å². The first-order valence-electron chi connectivity index (χ1n) is 5.44. The molecule has 86 valence electrons. The zero-order valence-electron chi connectivity index (χ0n) is 9.02. The van der Waals surface area contributed by atoms with E-state index in [9.17, 15) is 9.90 Å². The molecule has 1 aromatic carbocycles. The predicted molar refractivity (Wildman–Crippen MR) is 59.4 cm³/mol. The summed E-state index contributed by atoms with van der Waals surface area (Å²) in [5.74, 6) is 0.00963. The molecule has 0 unspecified atom stereocenters. The van der Waals surface area contributed by atoms with Gasteiger partial charge in [-0.2, -0.15) is 0 Å². The van der Waals surface area contributed by atoms with Crippen LogP contribution < -0.4 is 0 Å². The quantitative estimate of drug-likeness (QED) is 0.775. The first-order chi connectivity index (χ1) is 7.72. The number of hydrogen-bond donors (Lipinski definition) is 2. The topological polar surface area (TPSA) is 60.8 Å². The smallest absolute Gasteiger partial charge is 0.254 e.